The largest absolute Gasteiger partial charge is 0.496 e. The number of aliphatic hydroxyl groups excluding tert-OH is 2. The molecule has 0 radical (unpaired) electrons. The Kier molecular flexibility index (Phi) is 20.7. The highest BCUT2D eigenvalue weighted by atomic mass is 16.5. The molecule has 204 valence electrons. The van der Waals surface area contributed by atoms with Gasteiger partial charge in [-0.3, -0.25) is 4.90 Å². The molecular weight excluding hydrogens is 458 g/mol. The van der Waals surface area contributed by atoms with Gasteiger partial charge in [0.05, 0.1) is 86.9 Å². The Morgan fingerprint density at radius 3 is 1.49 bits per heavy atom. The van der Waals surface area contributed by atoms with Crippen LogP contribution in [0.4, 0.5) is 0 Å². The first-order valence-corrected chi connectivity index (χ1v) is 12.3. The van der Waals surface area contributed by atoms with Crippen molar-refractivity contribution in [1.82, 2.24) is 4.90 Å². The third kappa shape index (κ3) is 16.0. The van der Waals surface area contributed by atoms with Crippen LogP contribution in [-0.2, 0) is 30.1 Å². The molecule has 2 N–H and O–H groups in total. The van der Waals surface area contributed by atoms with Crippen molar-refractivity contribution >= 4 is 0 Å². The number of nitrogens with zero attached hydrogens (tertiary/aromatic N) is 1. The lowest BCUT2D eigenvalue weighted by atomic mass is 10.1. The predicted octanol–water partition coefficient (Wildman–Crippen LogP) is 1.01. The molecule has 10 nitrogen and oxygen atoms in total. The van der Waals surface area contributed by atoms with Crippen LogP contribution in [-0.4, -0.2) is 128 Å². The molecule has 0 aliphatic carbocycles. The van der Waals surface area contributed by atoms with Crippen molar-refractivity contribution in [3.8, 4) is 11.5 Å². The number of methoxy groups -OCH3 is 2. The Balaban J connectivity index is 2.04. The molecule has 0 saturated heterocycles. The van der Waals surface area contributed by atoms with E-state index in [0.29, 0.717) is 66.1 Å². The zero-order chi connectivity index (χ0) is 25.4. The van der Waals surface area contributed by atoms with Crippen molar-refractivity contribution in [1.29, 1.82) is 0 Å². The number of benzene rings is 1. The van der Waals surface area contributed by atoms with Crippen molar-refractivity contribution in [3.05, 3.63) is 23.8 Å². The molecule has 0 unspecified atom stereocenters. The summed E-state index contributed by atoms with van der Waals surface area (Å²) in [5.41, 5.74) is 1.06. The molecule has 1 aromatic carbocycles. The lowest BCUT2D eigenvalue weighted by Crippen LogP contribution is -2.34. The van der Waals surface area contributed by atoms with E-state index in [9.17, 15) is 0 Å². The second-order valence-corrected chi connectivity index (χ2v) is 7.60. The maximum atomic E-state index is 8.80. The Bertz CT molecular complexity index is 572. The molecule has 0 spiro atoms. The molecule has 0 bridgehead atoms. The molecular formula is C25H45NO9. The first-order chi connectivity index (χ1) is 17.3. The summed E-state index contributed by atoms with van der Waals surface area (Å²) in [5.74, 6) is 1.67. The average Bonchev–Trinajstić information content (AvgIpc) is 2.88. The van der Waals surface area contributed by atoms with Gasteiger partial charge in [-0.15, -0.1) is 0 Å². The molecule has 0 atom stereocenters. The molecule has 0 aliphatic heterocycles. The zero-order valence-corrected chi connectivity index (χ0v) is 21.5. The summed E-state index contributed by atoms with van der Waals surface area (Å²) in [7, 11) is 3.33. The van der Waals surface area contributed by atoms with Gasteiger partial charge in [-0.2, -0.15) is 0 Å². The van der Waals surface area contributed by atoms with Crippen molar-refractivity contribution in [2.45, 2.75) is 12.8 Å². The van der Waals surface area contributed by atoms with E-state index in [1.54, 1.807) is 14.2 Å². The molecule has 0 aliphatic rings. The summed E-state index contributed by atoms with van der Waals surface area (Å²) >= 11 is 0. The topological polar surface area (TPSA) is 108 Å². The number of ether oxygens (including phenoxy) is 7. The van der Waals surface area contributed by atoms with Crippen molar-refractivity contribution in [3.63, 3.8) is 0 Å². The van der Waals surface area contributed by atoms with E-state index in [1.165, 1.54) is 0 Å². The van der Waals surface area contributed by atoms with Gasteiger partial charge < -0.3 is 43.4 Å². The van der Waals surface area contributed by atoms with Gasteiger partial charge in [0.25, 0.3) is 0 Å². The highest BCUT2D eigenvalue weighted by molar-refractivity contribution is 5.44. The van der Waals surface area contributed by atoms with Crippen LogP contribution in [0.5, 0.6) is 11.5 Å². The van der Waals surface area contributed by atoms with Crippen LogP contribution in [0.25, 0.3) is 0 Å². The summed E-state index contributed by atoms with van der Waals surface area (Å²) in [6, 6.07) is 5.79. The molecule has 10 heteroatoms. The monoisotopic (exact) mass is 503 g/mol. The Hall–Kier alpha value is -1.50. The van der Waals surface area contributed by atoms with E-state index in [4.69, 9.17) is 43.4 Å². The van der Waals surface area contributed by atoms with Crippen LogP contribution in [0.3, 0.4) is 0 Å². The minimum absolute atomic E-state index is 0.0197. The van der Waals surface area contributed by atoms with Crippen molar-refractivity contribution in [2.24, 2.45) is 0 Å². The third-order valence-corrected chi connectivity index (χ3v) is 5.12. The Labute approximate surface area is 210 Å². The third-order valence-electron chi connectivity index (χ3n) is 5.12. The van der Waals surface area contributed by atoms with E-state index in [2.05, 4.69) is 4.90 Å². The quantitative estimate of drug-likeness (QED) is 0.188. The molecule has 0 heterocycles. The zero-order valence-electron chi connectivity index (χ0n) is 21.5. The first kappa shape index (κ1) is 31.5. The normalized spacial score (nSPS) is 11.3. The minimum Gasteiger partial charge on any atom is -0.496 e. The fraction of sp³-hybridized carbons (Fsp3) is 0.760. The second-order valence-electron chi connectivity index (χ2n) is 7.60. The highest BCUT2D eigenvalue weighted by Gasteiger charge is 2.09. The van der Waals surface area contributed by atoms with Crippen molar-refractivity contribution in [2.75, 3.05) is 113 Å². The number of rotatable bonds is 25. The Morgan fingerprint density at radius 2 is 1.03 bits per heavy atom. The molecule has 1 rings (SSSR count). The first-order valence-electron chi connectivity index (χ1n) is 12.3. The standard InChI is InChI=1S/C25H45NO9/c1-29-24-6-3-7-25(30-2)23(24)5-4-13-31-19-21-35-22-20-34-16-10-26(8-14-32-17-11-27)9-15-33-18-12-28/h3,6-7,27-28H,4-5,8-22H2,1-2H3. The van der Waals surface area contributed by atoms with Gasteiger partial charge in [-0.1, -0.05) is 6.07 Å². The second kappa shape index (κ2) is 22.9. The van der Waals surface area contributed by atoms with E-state index < -0.39 is 0 Å². The highest BCUT2D eigenvalue weighted by Crippen LogP contribution is 2.29. The Morgan fingerprint density at radius 1 is 0.600 bits per heavy atom. The van der Waals surface area contributed by atoms with E-state index in [1.807, 2.05) is 18.2 Å². The molecule has 0 aromatic heterocycles. The smallest absolute Gasteiger partial charge is 0.125 e. The number of hydrogen-bond donors (Lipinski definition) is 2. The van der Waals surface area contributed by atoms with Crippen LogP contribution in [0.2, 0.25) is 0 Å². The molecule has 1 aromatic rings. The molecule has 0 fully saturated rings. The molecule has 0 amide bonds. The van der Waals surface area contributed by atoms with Gasteiger partial charge >= 0.3 is 0 Å². The molecule has 35 heavy (non-hydrogen) atoms. The van der Waals surface area contributed by atoms with Gasteiger partial charge in [-0.05, 0) is 25.0 Å². The maximum absolute atomic E-state index is 8.80. The van der Waals surface area contributed by atoms with Crippen LogP contribution in [0, 0.1) is 0 Å². The average molecular weight is 504 g/mol. The number of aliphatic hydroxyl groups is 2. The number of hydrogen-bond acceptors (Lipinski definition) is 10. The van der Waals surface area contributed by atoms with Crippen LogP contribution >= 0.6 is 0 Å². The summed E-state index contributed by atoms with van der Waals surface area (Å²) in [4.78, 5) is 2.17. The van der Waals surface area contributed by atoms with Gasteiger partial charge in [0.2, 0.25) is 0 Å². The van der Waals surface area contributed by atoms with E-state index in [-0.39, 0.29) is 13.2 Å². The summed E-state index contributed by atoms with van der Waals surface area (Å²) in [5, 5.41) is 17.6. The fourth-order valence-electron chi connectivity index (χ4n) is 3.32. The van der Waals surface area contributed by atoms with Crippen molar-refractivity contribution < 1.29 is 43.4 Å². The van der Waals surface area contributed by atoms with Gasteiger partial charge in [-0.25, -0.2) is 0 Å². The van der Waals surface area contributed by atoms with E-state index in [0.717, 1.165) is 49.5 Å². The minimum atomic E-state index is 0.0197. The van der Waals surface area contributed by atoms with Gasteiger partial charge in [0.1, 0.15) is 11.5 Å². The maximum Gasteiger partial charge on any atom is 0.125 e. The van der Waals surface area contributed by atoms with Crippen LogP contribution in [0.15, 0.2) is 18.2 Å². The van der Waals surface area contributed by atoms with Gasteiger partial charge in [0.15, 0.2) is 0 Å². The van der Waals surface area contributed by atoms with Crippen LogP contribution in [0.1, 0.15) is 12.0 Å². The summed E-state index contributed by atoms with van der Waals surface area (Å²) in [6.45, 7) is 7.29. The lowest BCUT2D eigenvalue weighted by Gasteiger charge is -2.22. The van der Waals surface area contributed by atoms with Gasteiger partial charge in [0, 0.05) is 31.8 Å². The van der Waals surface area contributed by atoms with Crippen LogP contribution < -0.4 is 9.47 Å². The van der Waals surface area contributed by atoms with E-state index >= 15 is 0 Å². The lowest BCUT2D eigenvalue weighted by molar-refractivity contribution is 0.00480. The predicted molar refractivity (Wildman–Crippen MR) is 133 cm³/mol. The fourth-order valence-corrected chi connectivity index (χ4v) is 3.32. The molecule has 0 saturated carbocycles. The summed E-state index contributed by atoms with van der Waals surface area (Å²) < 4.78 is 38.4. The summed E-state index contributed by atoms with van der Waals surface area (Å²) in [6.07, 6.45) is 1.69. The SMILES string of the molecule is COc1cccc(OC)c1CCCOCCOCCOCCN(CCOCCO)CCOCCO.